The standard InChI is InChI=1S/C17H13NOS/c19-20(16-7-2-1-3-8-16)11-10-14-12-15-6-4-5-9-17(15)18-13-14/h1-13H/b11-10-. The van der Waals surface area contributed by atoms with Crippen LogP contribution in [-0.4, -0.2) is 9.19 Å². The van der Waals surface area contributed by atoms with Crippen LogP contribution in [0.15, 0.2) is 77.2 Å². The van der Waals surface area contributed by atoms with E-state index in [0.29, 0.717) is 0 Å². The maximum absolute atomic E-state index is 12.1. The van der Waals surface area contributed by atoms with Crippen molar-refractivity contribution in [3.63, 3.8) is 0 Å². The molecule has 0 saturated carbocycles. The number of pyridine rings is 1. The van der Waals surface area contributed by atoms with Gasteiger partial charge < -0.3 is 0 Å². The van der Waals surface area contributed by atoms with Crippen molar-refractivity contribution in [2.75, 3.05) is 0 Å². The number of benzene rings is 2. The first-order valence-corrected chi connectivity index (χ1v) is 7.53. The molecule has 0 saturated heterocycles. The lowest BCUT2D eigenvalue weighted by Crippen LogP contribution is -1.85. The second-order valence-electron chi connectivity index (χ2n) is 4.37. The summed E-state index contributed by atoms with van der Waals surface area (Å²) in [5, 5.41) is 2.78. The van der Waals surface area contributed by atoms with E-state index in [2.05, 4.69) is 4.98 Å². The maximum Gasteiger partial charge on any atom is 0.0776 e. The first-order valence-electron chi connectivity index (χ1n) is 6.31. The molecule has 0 aliphatic heterocycles. The van der Waals surface area contributed by atoms with Crippen molar-refractivity contribution in [1.29, 1.82) is 0 Å². The van der Waals surface area contributed by atoms with E-state index in [4.69, 9.17) is 0 Å². The molecule has 3 rings (SSSR count). The van der Waals surface area contributed by atoms with Gasteiger partial charge in [0.2, 0.25) is 0 Å². The zero-order valence-corrected chi connectivity index (χ0v) is 11.6. The highest BCUT2D eigenvalue weighted by atomic mass is 32.2. The van der Waals surface area contributed by atoms with E-state index in [1.807, 2.05) is 66.7 Å². The summed E-state index contributed by atoms with van der Waals surface area (Å²) in [6, 6.07) is 19.4. The van der Waals surface area contributed by atoms with Gasteiger partial charge in [-0.2, -0.15) is 0 Å². The van der Waals surface area contributed by atoms with Crippen molar-refractivity contribution in [1.82, 2.24) is 4.98 Å². The third-order valence-electron chi connectivity index (χ3n) is 2.97. The average molecular weight is 279 g/mol. The Bertz CT molecular complexity index is 781. The Morgan fingerprint density at radius 3 is 2.55 bits per heavy atom. The zero-order valence-electron chi connectivity index (χ0n) is 10.8. The predicted octanol–water partition coefficient (Wildman–Crippen LogP) is 4.01. The van der Waals surface area contributed by atoms with Gasteiger partial charge in [0.25, 0.3) is 0 Å². The Hall–Kier alpha value is -2.26. The Morgan fingerprint density at radius 1 is 0.950 bits per heavy atom. The lowest BCUT2D eigenvalue weighted by molar-refractivity contribution is 0.688. The van der Waals surface area contributed by atoms with Crippen LogP contribution in [0.1, 0.15) is 5.56 Å². The molecular weight excluding hydrogens is 266 g/mol. The highest BCUT2D eigenvalue weighted by molar-refractivity contribution is 7.88. The second kappa shape index (κ2) is 5.80. The fraction of sp³-hybridized carbons (Fsp3) is 0. The summed E-state index contributed by atoms with van der Waals surface area (Å²) in [4.78, 5) is 5.18. The van der Waals surface area contributed by atoms with E-state index < -0.39 is 10.8 Å². The van der Waals surface area contributed by atoms with Crippen LogP contribution in [0, 0.1) is 0 Å². The van der Waals surface area contributed by atoms with Crippen molar-refractivity contribution in [3.8, 4) is 0 Å². The van der Waals surface area contributed by atoms with Gasteiger partial charge >= 0.3 is 0 Å². The Morgan fingerprint density at radius 2 is 1.70 bits per heavy atom. The number of rotatable bonds is 3. The van der Waals surface area contributed by atoms with Crippen molar-refractivity contribution in [3.05, 3.63) is 77.8 Å². The van der Waals surface area contributed by atoms with Crippen molar-refractivity contribution < 1.29 is 4.21 Å². The summed E-state index contributed by atoms with van der Waals surface area (Å²) in [5.41, 5.74) is 1.92. The normalized spacial score (nSPS) is 12.8. The molecule has 0 aliphatic rings. The lowest BCUT2D eigenvalue weighted by Gasteiger charge is -1.99. The van der Waals surface area contributed by atoms with E-state index in [-0.39, 0.29) is 0 Å². The first kappa shape index (κ1) is 12.8. The SMILES string of the molecule is O=S(/C=C\c1cnc2ccccc2c1)c1ccccc1. The number of hydrogen-bond acceptors (Lipinski definition) is 2. The van der Waals surface area contributed by atoms with Gasteiger partial charge in [0.15, 0.2) is 0 Å². The molecule has 0 amide bonds. The molecule has 2 nitrogen and oxygen atoms in total. The summed E-state index contributed by atoms with van der Waals surface area (Å²) in [7, 11) is -1.13. The molecule has 1 unspecified atom stereocenters. The molecular formula is C17H13NOS. The van der Waals surface area contributed by atoms with Crippen LogP contribution >= 0.6 is 0 Å². The van der Waals surface area contributed by atoms with Gasteiger partial charge in [0.1, 0.15) is 0 Å². The molecule has 1 atom stereocenters. The van der Waals surface area contributed by atoms with Crippen molar-refractivity contribution in [2.45, 2.75) is 4.90 Å². The van der Waals surface area contributed by atoms with Gasteiger partial charge in [0.05, 0.1) is 16.3 Å². The average Bonchev–Trinajstić information content (AvgIpc) is 2.53. The van der Waals surface area contributed by atoms with Gasteiger partial charge in [0, 0.05) is 21.9 Å². The molecule has 0 fully saturated rings. The van der Waals surface area contributed by atoms with Crippen LogP contribution in [-0.2, 0) is 10.8 Å². The highest BCUT2D eigenvalue weighted by Gasteiger charge is 1.98. The monoisotopic (exact) mass is 279 g/mol. The topological polar surface area (TPSA) is 30.0 Å². The molecule has 1 heterocycles. The summed E-state index contributed by atoms with van der Waals surface area (Å²) >= 11 is 0. The van der Waals surface area contributed by atoms with Gasteiger partial charge in [-0.05, 0) is 35.9 Å². The summed E-state index contributed by atoms with van der Waals surface area (Å²) < 4.78 is 12.1. The summed E-state index contributed by atoms with van der Waals surface area (Å²) in [6.45, 7) is 0. The third-order valence-corrected chi connectivity index (χ3v) is 4.09. The largest absolute Gasteiger partial charge is 0.256 e. The Labute approximate surface area is 120 Å². The highest BCUT2D eigenvalue weighted by Crippen LogP contribution is 2.15. The smallest absolute Gasteiger partial charge is 0.0776 e. The molecule has 0 N–H and O–H groups in total. The molecule has 0 bridgehead atoms. The van der Waals surface area contributed by atoms with Crippen LogP contribution in [0.5, 0.6) is 0 Å². The van der Waals surface area contributed by atoms with E-state index >= 15 is 0 Å². The number of fused-ring (bicyclic) bond motifs is 1. The third kappa shape index (κ3) is 2.83. The van der Waals surface area contributed by atoms with E-state index in [1.165, 1.54) is 0 Å². The van der Waals surface area contributed by atoms with Crippen LogP contribution in [0.2, 0.25) is 0 Å². The molecule has 0 aliphatic carbocycles. The summed E-state index contributed by atoms with van der Waals surface area (Å²) in [6.07, 6.45) is 3.64. The number of nitrogens with zero attached hydrogens (tertiary/aromatic N) is 1. The van der Waals surface area contributed by atoms with Crippen LogP contribution in [0.4, 0.5) is 0 Å². The minimum atomic E-state index is -1.13. The van der Waals surface area contributed by atoms with Crippen LogP contribution < -0.4 is 0 Å². The van der Waals surface area contributed by atoms with Crippen LogP contribution in [0.25, 0.3) is 17.0 Å². The Balaban J connectivity index is 1.85. The quantitative estimate of drug-likeness (QED) is 0.725. The minimum Gasteiger partial charge on any atom is -0.256 e. The molecule has 3 aromatic rings. The van der Waals surface area contributed by atoms with Gasteiger partial charge in [-0.1, -0.05) is 36.4 Å². The summed E-state index contributed by atoms with van der Waals surface area (Å²) in [5.74, 6) is 0. The van der Waals surface area contributed by atoms with E-state index in [1.54, 1.807) is 11.6 Å². The fourth-order valence-electron chi connectivity index (χ4n) is 1.95. The second-order valence-corrected chi connectivity index (χ2v) is 5.71. The van der Waals surface area contributed by atoms with Crippen molar-refractivity contribution >= 4 is 27.8 Å². The number of hydrogen-bond donors (Lipinski definition) is 0. The molecule has 20 heavy (non-hydrogen) atoms. The van der Waals surface area contributed by atoms with Gasteiger partial charge in [-0.3, -0.25) is 4.98 Å². The number of para-hydroxylation sites is 1. The molecule has 2 aromatic carbocycles. The first-order chi connectivity index (χ1) is 9.83. The van der Waals surface area contributed by atoms with E-state index in [0.717, 1.165) is 21.4 Å². The zero-order chi connectivity index (χ0) is 13.8. The minimum absolute atomic E-state index is 0.803. The van der Waals surface area contributed by atoms with Gasteiger partial charge in [-0.15, -0.1) is 0 Å². The molecule has 0 spiro atoms. The fourth-order valence-corrected chi connectivity index (χ4v) is 2.82. The predicted molar refractivity (Wildman–Crippen MR) is 83.6 cm³/mol. The molecule has 1 aromatic heterocycles. The molecule has 3 heteroatoms. The molecule has 0 radical (unpaired) electrons. The maximum atomic E-state index is 12.1. The Kier molecular flexibility index (Phi) is 3.70. The van der Waals surface area contributed by atoms with Crippen molar-refractivity contribution in [2.24, 2.45) is 0 Å². The van der Waals surface area contributed by atoms with Crippen LogP contribution in [0.3, 0.4) is 0 Å². The lowest BCUT2D eigenvalue weighted by atomic mass is 10.2. The van der Waals surface area contributed by atoms with Gasteiger partial charge in [-0.25, -0.2) is 4.21 Å². The molecule has 98 valence electrons. The number of aromatic nitrogens is 1. The van der Waals surface area contributed by atoms with E-state index in [9.17, 15) is 4.21 Å².